The van der Waals surface area contributed by atoms with Gasteiger partial charge < -0.3 is 10.6 Å². The molecule has 1 aromatic rings. The summed E-state index contributed by atoms with van der Waals surface area (Å²) in [7, 11) is -4.67. The van der Waals surface area contributed by atoms with Gasteiger partial charge in [0.1, 0.15) is 0 Å². The van der Waals surface area contributed by atoms with Gasteiger partial charge in [-0.3, -0.25) is 23.5 Å². The smallest absolute Gasteiger partial charge is 0.326 e. The lowest BCUT2D eigenvalue weighted by Gasteiger charge is -2.03. The van der Waals surface area contributed by atoms with Gasteiger partial charge in [0.25, 0.3) is 11.7 Å². The molecule has 0 unspecified atom stereocenters. The molecule has 2 rings (SSSR count). The van der Waals surface area contributed by atoms with Gasteiger partial charge in [-0.25, -0.2) is 0 Å². The Bertz CT molecular complexity index is 673. The van der Waals surface area contributed by atoms with E-state index < -0.39 is 22.1 Å². The van der Waals surface area contributed by atoms with Crippen LogP contribution in [0.25, 0.3) is 0 Å². The number of rotatable bonds is 1. The maximum Gasteiger partial charge on any atom is 0.394 e. The SMILES string of the molecule is CC(=O)Nc1ccc2c(c1)C(=O)C(=O)N2.O=S(=O)(O)O. The Kier molecular flexibility index (Phi) is 4.55. The van der Waals surface area contributed by atoms with Gasteiger partial charge in [0.2, 0.25) is 5.91 Å². The van der Waals surface area contributed by atoms with Crippen LogP contribution in [0.1, 0.15) is 17.3 Å². The van der Waals surface area contributed by atoms with Crippen LogP contribution in [0.15, 0.2) is 18.2 Å². The Labute approximate surface area is 113 Å². The molecule has 0 radical (unpaired) electrons. The minimum Gasteiger partial charge on any atom is -0.326 e. The number of ketones is 1. The second kappa shape index (κ2) is 5.77. The average molecular weight is 302 g/mol. The monoisotopic (exact) mass is 302 g/mol. The largest absolute Gasteiger partial charge is 0.394 e. The maximum absolute atomic E-state index is 11.3. The Hall–Kier alpha value is -2.30. The van der Waals surface area contributed by atoms with Gasteiger partial charge >= 0.3 is 10.4 Å². The highest BCUT2D eigenvalue weighted by Gasteiger charge is 2.27. The Morgan fingerprint density at radius 1 is 1.25 bits per heavy atom. The van der Waals surface area contributed by atoms with Crippen molar-refractivity contribution in [2.24, 2.45) is 0 Å². The summed E-state index contributed by atoms with van der Waals surface area (Å²) in [5.41, 5.74) is 1.29. The van der Waals surface area contributed by atoms with E-state index in [9.17, 15) is 14.4 Å². The number of carbonyl (C=O) groups is 3. The molecular weight excluding hydrogens is 292 g/mol. The van der Waals surface area contributed by atoms with Crippen LogP contribution in [-0.2, 0) is 20.0 Å². The van der Waals surface area contributed by atoms with Crippen molar-refractivity contribution < 1.29 is 31.9 Å². The zero-order valence-electron chi connectivity index (χ0n) is 10.1. The summed E-state index contributed by atoms with van der Waals surface area (Å²) in [5, 5.41) is 4.97. The normalized spacial score (nSPS) is 12.9. The minimum atomic E-state index is -4.67. The fourth-order valence-corrected chi connectivity index (χ4v) is 1.42. The van der Waals surface area contributed by atoms with Gasteiger partial charge in [0.05, 0.1) is 11.3 Å². The molecule has 0 aromatic heterocycles. The summed E-state index contributed by atoms with van der Waals surface area (Å²) in [4.78, 5) is 33.1. The standard InChI is InChI=1S/C10H8N2O3.H2O4S/c1-5(13)11-6-2-3-8-7(4-6)9(14)10(15)12-8;1-5(2,3)4/h2-4H,1H3,(H,11,13)(H,12,14,15);(H2,1,2,3,4). The fourth-order valence-electron chi connectivity index (χ4n) is 1.42. The quantitative estimate of drug-likeness (QED) is 0.425. The van der Waals surface area contributed by atoms with E-state index in [1.54, 1.807) is 12.1 Å². The zero-order valence-corrected chi connectivity index (χ0v) is 10.9. The molecular formula is C10H10N2O7S. The molecule has 0 saturated carbocycles. The first-order chi connectivity index (χ1) is 9.08. The van der Waals surface area contributed by atoms with E-state index in [4.69, 9.17) is 17.5 Å². The van der Waals surface area contributed by atoms with E-state index in [1.807, 2.05) is 0 Å². The number of benzene rings is 1. The molecule has 108 valence electrons. The number of hydrogen-bond acceptors (Lipinski definition) is 5. The first kappa shape index (κ1) is 15.8. The number of amides is 2. The molecule has 0 aliphatic carbocycles. The summed E-state index contributed by atoms with van der Waals surface area (Å²) in [6.45, 7) is 1.37. The van der Waals surface area contributed by atoms with Crippen molar-refractivity contribution in [3.63, 3.8) is 0 Å². The van der Waals surface area contributed by atoms with Gasteiger partial charge in [-0.15, -0.1) is 0 Å². The summed E-state index contributed by atoms with van der Waals surface area (Å²) >= 11 is 0. The third-order valence-electron chi connectivity index (χ3n) is 2.04. The molecule has 0 spiro atoms. The van der Waals surface area contributed by atoms with Crippen molar-refractivity contribution in [3.05, 3.63) is 23.8 Å². The third-order valence-corrected chi connectivity index (χ3v) is 2.04. The lowest BCUT2D eigenvalue weighted by atomic mass is 10.1. The van der Waals surface area contributed by atoms with E-state index in [0.29, 0.717) is 16.9 Å². The molecule has 20 heavy (non-hydrogen) atoms. The zero-order chi connectivity index (χ0) is 15.5. The van der Waals surface area contributed by atoms with Crippen LogP contribution in [0.4, 0.5) is 11.4 Å². The second-order valence-corrected chi connectivity index (χ2v) is 4.57. The predicted molar refractivity (Wildman–Crippen MR) is 67.9 cm³/mol. The lowest BCUT2D eigenvalue weighted by molar-refractivity contribution is -0.114. The van der Waals surface area contributed by atoms with E-state index >= 15 is 0 Å². The fraction of sp³-hybridized carbons (Fsp3) is 0.100. The van der Waals surface area contributed by atoms with Gasteiger partial charge in [-0.05, 0) is 18.2 Å². The molecule has 1 aromatic carbocycles. The third kappa shape index (κ3) is 4.76. The average Bonchev–Trinajstić information content (AvgIpc) is 2.53. The van der Waals surface area contributed by atoms with Gasteiger partial charge in [-0.1, -0.05) is 0 Å². The molecule has 0 fully saturated rings. The van der Waals surface area contributed by atoms with E-state index in [1.165, 1.54) is 13.0 Å². The summed E-state index contributed by atoms with van der Waals surface area (Å²) in [5.74, 6) is -1.43. The van der Waals surface area contributed by atoms with Crippen LogP contribution < -0.4 is 10.6 Å². The summed E-state index contributed by atoms with van der Waals surface area (Å²) < 4.78 is 31.6. The first-order valence-electron chi connectivity index (χ1n) is 5.05. The van der Waals surface area contributed by atoms with Crippen LogP contribution >= 0.6 is 0 Å². The molecule has 0 atom stereocenters. The Morgan fingerprint density at radius 2 is 1.80 bits per heavy atom. The van der Waals surface area contributed by atoms with Crippen LogP contribution in [-0.4, -0.2) is 35.1 Å². The Balaban J connectivity index is 0.000000347. The van der Waals surface area contributed by atoms with E-state index in [2.05, 4.69) is 10.6 Å². The summed E-state index contributed by atoms with van der Waals surface area (Å²) in [6.07, 6.45) is 0. The molecule has 4 N–H and O–H groups in total. The number of fused-ring (bicyclic) bond motifs is 1. The van der Waals surface area contributed by atoms with Crippen molar-refractivity contribution in [1.29, 1.82) is 0 Å². The molecule has 1 aliphatic rings. The molecule has 0 bridgehead atoms. The van der Waals surface area contributed by atoms with Gasteiger partial charge in [0, 0.05) is 12.6 Å². The Morgan fingerprint density at radius 3 is 2.30 bits per heavy atom. The van der Waals surface area contributed by atoms with E-state index in [-0.39, 0.29) is 5.91 Å². The maximum atomic E-state index is 11.3. The molecule has 10 heteroatoms. The van der Waals surface area contributed by atoms with Crippen LogP contribution in [0, 0.1) is 0 Å². The molecule has 0 saturated heterocycles. The van der Waals surface area contributed by atoms with Crippen molar-refractivity contribution in [1.82, 2.24) is 0 Å². The van der Waals surface area contributed by atoms with E-state index in [0.717, 1.165) is 0 Å². The highest BCUT2D eigenvalue weighted by atomic mass is 32.3. The molecule has 2 amide bonds. The van der Waals surface area contributed by atoms with Crippen molar-refractivity contribution in [2.45, 2.75) is 6.92 Å². The highest BCUT2D eigenvalue weighted by molar-refractivity contribution is 7.79. The van der Waals surface area contributed by atoms with Crippen molar-refractivity contribution in [3.8, 4) is 0 Å². The number of carbonyl (C=O) groups excluding carboxylic acids is 3. The number of Topliss-reactive ketones (excluding diaryl/α,β-unsaturated/α-hetero) is 1. The van der Waals surface area contributed by atoms with Crippen LogP contribution in [0.2, 0.25) is 0 Å². The van der Waals surface area contributed by atoms with Crippen LogP contribution in [0.5, 0.6) is 0 Å². The number of anilines is 2. The number of hydrogen-bond donors (Lipinski definition) is 4. The van der Waals surface area contributed by atoms with Crippen molar-refractivity contribution >= 4 is 39.4 Å². The lowest BCUT2D eigenvalue weighted by Crippen LogP contribution is -2.12. The topological polar surface area (TPSA) is 150 Å². The highest BCUT2D eigenvalue weighted by Crippen LogP contribution is 2.25. The minimum absolute atomic E-state index is 0.223. The van der Waals surface area contributed by atoms with Crippen molar-refractivity contribution in [2.75, 3.05) is 10.6 Å². The van der Waals surface area contributed by atoms with Gasteiger partial charge in [0.15, 0.2) is 0 Å². The molecule has 9 nitrogen and oxygen atoms in total. The summed E-state index contributed by atoms with van der Waals surface area (Å²) in [6, 6.07) is 4.69. The molecule has 1 heterocycles. The second-order valence-electron chi connectivity index (χ2n) is 3.67. The van der Waals surface area contributed by atoms with Crippen LogP contribution in [0.3, 0.4) is 0 Å². The first-order valence-corrected chi connectivity index (χ1v) is 6.45. The molecule has 1 aliphatic heterocycles. The number of nitrogens with one attached hydrogen (secondary N) is 2. The predicted octanol–water partition coefficient (Wildman–Crippen LogP) is 0.127. The van der Waals surface area contributed by atoms with Gasteiger partial charge in [-0.2, -0.15) is 8.42 Å².